The van der Waals surface area contributed by atoms with Crippen LogP contribution in [0.2, 0.25) is 0 Å². The van der Waals surface area contributed by atoms with Gasteiger partial charge in [-0.3, -0.25) is 14.8 Å². The number of likely N-dealkylation sites (tertiary alicyclic amines) is 1. The number of morpholine rings is 1. The Bertz CT molecular complexity index is 610. The van der Waals surface area contributed by atoms with E-state index in [1.54, 1.807) is 6.26 Å². The first-order chi connectivity index (χ1) is 13.8. The molecule has 28 heavy (non-hydrogen) atoms. The number of furan rings is 1. The number of nitrogens with zero attached hydrogens (tertiary/aromatic N) is 3. The fourth-order valence-corrected chi connectivity index (χ4v) is 4.31. The average Bonchev–Trinajstić information content (AvgIpc) is 3.28. The van der Waals surface area contributed by atoms with E-state index in [4.69, 9.17) is 14.1 Å². The molecule has 4 rings (SSSR count). The first-order valence-electron chi connectivity index (χ1n) is 10.9. The van der Waals surface area contributed by atoms with Crippen LogP contribution in [0.3, 0.4) is 0 Å². The summed E-state index contributed by atoms with van der Waals surface area (Å²) in [5.74, 6) is 1.95. The Hall–Kier alpha value is -1.57. The van der Waals surface area contributed by atoms with Gasteiger partial charge in [0.2, 0.25) is 0 Å². The van der Waals surface area contributed by atoms with E-state index in [0.717, 1.165) is 76.7 Å². The second-order valence-electron chi connectivity index (χ2n) is 8.29. The summed E-state index contributed by atoms with van der Waals surface area (Å²) in [7, 11) is 0. The summed E-state index contributed by atoms with van der Waals surface area (Å²) in [5.41, 5.74) is 0. The van der Waals surface area contributed by atoms with Crippen molar-refractivity contribution in [2.24, 2.45) is 4.99 Å². The lowest BCUT2D eigenvalue weighted by molar-refractivity contribution is 0.0394. The molecule has 3 heterocycles. The first kappa shape index (κ1) is 19.7. The van der Waals surface area contributed by atoms with Gasteiger partial charge in [0.1, 0.15) is 5.76 Å². The van der Waals surface area contributed by atoms with Crippen LogP contribution in [-0.2, 0) is 11.2 Å². The van der Waals surface area contributed by atoms with E-state index in [0.29, 0.717) is 12.1 Å². The van der Waals surface area contributed by atoms with Gasteiger partial charge in [0.25, 0.3) is 0 Å². The van der Waals surface area contributed by atoms with Crippen molar-refractivity contribution in [1.82, 2.24) is 20.4 Å². The average molecular weight is 390 g/mol. The largest absolute Gasteiger partial charge is 0.469 e. The Morgan fingerprint density at radius 2 is 2.14 bits per heavy atom. The van der Waals surface area contributed by atoms with Crippen LogP contribution in [0.1, 0.15) is 31.9 Å². The van der Waals surface area contributed by atoms with Crippen molar-refractivity contribution in [3.05, 3.63) is 24.2 Å². The lowest BCUT2D eigenvalue weighted by Gasteiger charge is -2.26. The lowest BCUT2D eigenvalue weighted by Crippen LogP contribution is -2.46. The zero-order valence-corrected chi connectivity index (χ0v) is 17.1. The highest BCUT2D eigenvalue weighted by Gasteiger charge is 2.38. The van der Waals surface area contributed by atoms with Gasteiger partial charge in [-0.25, -0.2) is 0 Å². The molecule has 0 aromatic carbocycles. The van der Waals surface area contributed by atoms with Crippen LogP contribution in [0, 0.1) is 0 Å². The molecule has 2 N–H and O–H groups in total. The Morgan fingerprint density at radius 1 is 1.29 bits per heavy atom. The molecule has 0 bridgehead atoms. The minimum atomic E-state index is 0.480. The molecule has 1 aromatic heterocycles. The summed E-state index contributed by atoms with van der Waals surface area (Å²) in [6.45, 7) is 9.83. The molecular formula is C21H35N5O2. The zero-order valence-electron chi connectivity index (χ0n) is 17.1. The van der Waals surface area contributed by atoms with E-state index in [-0.39, 0.29) is 0 Å². The molecule has 1 aromatic rings. The van der Waals surface area contributed by atoms with Crippen molar-refractivity contribution in [2.45, 2.75) is 50.7 Å². The predicted octanol–water partition coefficient (Wildman–Crippen LogP) is 1.31. The van der Waals surface area contributed by atoms with Crippen LogP contribution in [0.4, 0.5) is 0 Å². The van der Waals surface area contributed by atoms with E-state index in [9.17, 15) is 0 Å². The molecule has 3 fully saturated rings. The number of hydrogen-bond donors (Lipinski definition) is 2. The molecule has 0 amide bonds. The minimum absolute atomic E-state index is 0.480. The van der Waals surface area contributed by atoms with Crippen molar-refractivity contribution in [1.29, 1.82) is 0 Å². The number of ether oxygens (including phenoxy) is 1. The van der Waals surface area contributed by atoms with Crippen molar-refractivity contribution < 1.29 is 9.15 Å². The third-order valence-electron chi connectivity index (χ3n) is 6.01. The maximum atomic E-state index is 5.45. The van der Waals surface area contributed by atoms with Crippen LogP contribution in [0.25, 0.3) is 0 Å². The number of rotatable bonds is 8. The lowest BCUT2D eigenvalue weighted by atomic mass is 10.2. The van der Waals surface area contributed by atoms with Crippen LogP contribution < -0.4 is 10.6 Å². The molecule has 0 spiro atoms. The number of nitrogens with one attached hydrogen (secondary N) is 2. The molecule has 3 aliphatic rings. The van der Waals surface area contributed by atoms with Crippen LogP contribution >= 0.6 is 0 Å². The minimum Gasteiger partial charge on any atom is -0.469 e. The van der Waals surface area contributed by atoms with Gasteiger partial charge >= 0.3 is 0 Å². The summed E-state index contributed by atoms with van der Waals surface area (Å²) >= 11 is 0. The number of hydrogen-bond acceptors (Lipinski definition) is 5. The van der Waals surface area contributed by atoms with Gasteiger partial charge in [0, 0.05) is 57.3 Å². The summed E-state index contributed by atoms with van der Waals surface area (Å²) in [4.78, 5) is 9.98. The van der Waals surface area contributed by atoms with E-state index in [1.807, 2.05) is 12.1 Å². The summed E-state index contributed by atoms with van der Waals surface area (Å²) in [6.07, 6.45) is 6.54. The first-order valence-corrected chi connectivity index (χ1v) is 10.9. The van der Waals surface area contributed by atoms with E-state index >= 15 is 0 Å². The van der Waals surface area contributed by atoms with Gasteiger partial charge in [0.15, 0.2) is 5.96 Å². The second-order valence-corrected chi connectivity index (χ2v) is 8.29. The smallest absolute Gasteiger partial charge is 0.191 e. The van der Waals surface area contributed by atoms with Crippen molar-refractivity contribution in [3.8, 4) is 0 Å². The number of aliphatic imine (C=N–C) groups is 1. The Labute approximate surface area is 168 Å². The maximum absolute atomic E-state index is 5.45. The standard InChI is InChI=1S/C21H35N5O2/c1-17-15-18(16-26(17)19-4-5-19)24-21(22-7-6-20-3-2-12-28-20)23-8-9-25-10-13-27-14-11-25/h2-3,12,17-19H,4-11,13-16H2,1H3,(H2,22,23,24). The van der Waals surface area contributed by atoms with Crippen molar-refractivity contribution in [2.75, 3.05) is 52.5 Å². The van der Waals surface area contributed by atoms with Gasteiger partial charge in [-0.15, -0.1) is 0 Å². The van der Waals surface area contributed by atoms with Crippen molar-refractivity contribution >= 4 is 5.96 Å². The highest BCUT2D eigenvalue weighted by molar-refractivity contribution is 5.80. The highest BCUT2D eigenvalue weighted by atomic mass is 16.5. The Morgan fingerprint density at radius 3 is 2.89 bits per heavy atom. The Kier molecular flexibility index (Phi) is 6.88. The molecule has 2 unspecified atom stereocenters. The van der Waals surface area contributed by atoms with Gasteiger partial charge in [-0.05, 0) is 38.3 Å². The molecule has 2 atom stereocenters. The van der Waals surface area contributed by atoms with Crippen LogP contribution in [-0.4, -0.2) is 86.4 Å². The quantitative estimate of drug-likeness (QED) is 0.516. The molecular weight excluding hydrogens is 354 g/mol. The van der Waals surface area contributed by atoms with E-state index in [1.165, 1.54) is 19.3 Å². The topological polar surface area (TPSA) is 65.3 Å². The van der Waals surface area contributed by atoms with Gasteiger partial charge in [-0.1, -0.05) is 0 Å². The van der Waals surface area contributed by atoms with Gasteiger partial charge in [-0.2, -0.15) is 0 Å². The van der Waals surface area contributed by atoms with Gasteiger partial charge < -0.3 is 19.8 Å². The third-order valence-corrected chi connectivity index (χ3v) is 6.01. The SMILES string of the molecule is CC1CC(NC(=NCCN2CCOCC2)NCCc2ccco2)CN1C1CC1. The number of guanidine groups is 1. The second kappa shape index (κ2) is 9.76. The fourth-order valence-electron chi connectivity index (χ4n) is 4.31. The maximum Gasteiger partial charge on any atom is 0.191 e. The summed E-state index contributed by atoms with van der Waals surface area (Å²) in [6, 6.07) is 5.94. The molecule has 156 valence electrons. The molecule has 1 aliphatic carbocycles. The molecule has 7 nitrogen and oxygen atoms in total. The summed E-state index contributed by atoms with van der Waals surface area (Å²) < 4.78 is 10.9. The van der Waals surface area contributed by atoms with E-state index < -0.39 is 0 Å². The Balaban J connectivity index is 1.28. The summed E-state index contributed by atoms with van der Waals surface area (Å²) in [5, 5.41) is 7.21. The third kappa shape index (κ3) is 5.72. The normalized spacial score (nSPS) is 27.2. The fraction of sp³-hybridized carbons (Fsp3) is 0.762. The van der Waals surface area contributed by atoms with Crippen LogP contribution in [0.15, 0.2) is 27.8 Å². The van der Waals surface area contributed by atoms with Gasteiger partial charge in [0.05, 0.1) is 26.0 Å². The molecule has 1 saturated carbocycles. The van der Waals surface area contributed by atoms with Crippen molar-refractivity contribution in [3.63, 3.8) is 0 Å². The molecule has 7 heteroatoms. The predicted molar refractivity (Wildman–Crippen MR) is 111 cm³/mol. The zero-order chi connectivity index (χ0) is 19.2. The van der Waals surface area contributed by atoms with E-state index in [2.05, 4.69) is 27.4 Å². The highest BCUT2D eigenvalue weighted by Crippen LogP contribution is 2.33. The molecule has 2 saturated heterocycles. The van der Waals surface area contributed by atoms with Crippen LogP contribution in [0.5, 0.6) is 0 Å². The monoisotopic (exact) mass is 389 g/mol. The molecule has 0 radical (unpaired) electrons. The molecule has 2 aliphatic heterocycles.